The van der Waals surface area contributed by atoms with Gasteiger partial charge in [0.2, 0.25) is 0 Å². The van der Waals surface area contributed by atoms with Crippen LogP contribution in [0.4, 0.5) is 9.52 Å². The monoisotopic (exact) mass is 624 g/mol. The third-order valence-electron chi connectivity index (χ3n) is 7.31. The maximum atomic E-state index is 14.0. The van der Waals surface area contributed by atoms with E-state index in [1.807, 2.05) is 37.3 Å². The number of carbonyl (C=O) groups is 2. The van der Waals surface area contributed by atoms with Crippen molar-refractivity contribution < 1.29 is 33.3 Å². The summed E-state index contributed by atoms with van der Waals surface area (Å²) in [5.74, 6) is -1.22. The molecule has 228 valence electrons. The molecule has 1 saturated heterocycles. The van der Waals surface area contributed by atoms with Gasteiger partial charge in [0.15, 0.2) is 16.6 Å². The van der Waals surface area contributed by atoms with Crippen molar-refractivity contribution in [2.24, 2.45) is 0 Å². The van der Waals surface area contributed by atoms with E-state index in [1.165, 1.54) is 30.2 Å². The van der Waals surface area contributed by atoms with Crippen molar-refractivity contribution in [1.82, 2.24) is 4.98 Å². The predicted octanol–water partition coefficient (Wildman–Crippen LogP) is 7.44. The number of hydrogen-bond donors (Lipinski definition) is 1. The molecule has 2 heterocycles. The Morgan fingerprint density at radius 2 is 1.78 bits per heavy atom. The molecule has 0 aliphatic carbocycles. The number of thiazole rings is 1. The van der Waals surface area contributed by atoms with Gasteiger partial charge in [0.1, 0.15) is 23.9 Å². The summed E-state index contributed by atoms with van der Waals surface area (Å²) in [4.78, 5) is 33.2. The first kappa shape index (κ1) is 29.8. The van der Waals surface area contributed by atoms with Crippen LogP contribution in [0.5, 0.6) is 17.2 Å². The first-order chi connectivity index (χ1) is 21.9. The molecule has 1 aliphatic rings. The van der Waals surface area contributed by atoms with Gasteiger partial charge in [-0.25, -0.2) is 9.37 Å². The summed E-state index contributed by atoms with van der Waals surface area (Å²) in [5, 5.41) is 11.8. The van der Waals surface area contributed by atoms with Gasteiger partial charge in [-0.1, -0.05) is 66.8 Å². The molecule has 8 nitrogen and oxygen atoms in total. The number of anilines is 1. The van der Waals surface area contributed by atoms with E-state index in [-0.39, 0.29) is 16.5 Å². The molecule has 1 aliphatic heterocycles. The molecule has 6 rings (SSSR count). The molecule has 1 atom stereocenters. The van der Waals surface area contributed by atoms with Crippen molar-refractivity contribution in [3.05, 3.63) is 119 Å². The second-order valence-electron chi connectivity index (χ2n) is 10.3. The van der Waals surface area contributed by atoms with Crippen LogP contribution in [0.25, 0.3) is 16.0 Å². The van der Waals surface area contributed by atoms with Crippen molar-refractivity contribution in [3.8, 4) is 17.2 Å². The molecule has 45 heavy (non-hydrogen) atoms. The van der Waals surface area contributed by atoms with Crippen LogP contribution in [-0.2, 0) is 16.2 Å². The van der Waals surface area contributed by atoms with Crippen LogP contribution in [0.1, 0.15) is 36.1 Å². The Morgan fingerprint density at radius 3 is 2.56 bits per heavy atom. The molecule has 0 saturated carbocycles. The average Bonchev–Trinajstić information content (AvgIpc) is 3.60. The Bertz CT molecular complexity index is 1920. The number of amides is 1. The minimum absolute atomic E-state index is 0.127. The largest absolute Gasteiger partial charge is 0.507 e. The van der Waals surface area contributed by atoms with Gasteiger partial charge in [-0.15, -0.1) is 0 Å². The van der Waals surface area contributed by atoms with E-state index < -0.39 is 23.5 Å². The standard InChI is InChI=1S/C35H29FN2O6S/c1-3-16-43-25-11-7-10-23(17-25)32(39)30-31(22-12-15-27(28(18-22)42-2)44-20-21-8-5-4-6-9-21)38(34(41)33(30)40)35-37-26-14-13-24(36)19-29(26)45-35/h4-15,17-19,31,39H,3,16,20H2,1-2H3/b32-30+. The number of rotatable bonds is 10. The molecule has 1 amide bonds. The zero-order valence-corrected chi connectivity index (χ0v) is 25.3. The summed E-state index contributed by atoms with van der Waals surface area (Å²) in [7, 11) is 1.50. The van der Waals surface area contributed by atoms with E-state index in [9.17, 15) is 19.1 Å². The van der Waals surface area contributed by atoms with Crippen molar-refractivity contribution in [3.63, 3.8) is 0 Å². The number of ketones is 1. The first-order valence-electron chi connectivity index (χ1n) is 14.3. The van der Waals surface area contributed by atoms with Gasteiger partial charge in [-0.2, -0.15) is 0 Å². The van der Waals surface area contributed by atoms with Gasteiger partial charge >= 0.3 is 5.91 Å². The molecular weight excluding hydrogens is 595 g/mol. The quantitative estimate of drug-likeness (QED) is 0.0980. The Kier molecular flexibility index (Phi) is 8.48. The zero-order valence-electron chi connectivity index (χ0n) is 24.5. The molecule has 0 radical (unpaired) electrons. The van der Waals surface area contributed by atoms with E-state index in [4.69, 9.17) is 14.2 Å². The molecule has 10 heteroatoms. The molecule has 1 unspecified atom stereocenters. The van der Waals surface area contributed by atoms with Gasteiger partial charge in [0.05, 0.1) is 35.5 Å². The highest BCUT2D eigenvalue weighted by molar-refractivity contribution is 7.22. The molecule has 1 aromatic heterocycles. The van der Waals surface area contributed by atoms with E-state index in [2.05, 4.69) is 4.98 Å². The summed E-state index contributed by atoms with van der Waals surface area (Å²) >= 11 is 1.07. The highest BCUT2D eigenvalue weighted by Gasteiger charge is 2.48. The summed E-state index contributed by atoms with van der Waals surface area (Å²) in [6, 6.07) is 24.5. The van der Waals surface area contributed by atoms with Gasteiger partial charge in [-0.05, 0) is 60.0 Å². The average molecular weight is 625 g/mol. The fourth-order valence-electron chi connectivity index (χ4n) is 5.15. The maximum absolute atomic E-state index is 14.0. The van der Waals surface area contributed by atoms with Crippen molar-refractivity contribution in [1.29, 1.82) is 0 Å². The van der Waals surface area contributed by atoms with E-state index >= 15 is 0 Å². The summed E-state index contributed by atoms with van der Waals surface area (Å²) in [6.07, 6.45) is 0.792. The molecular formula is C35H29FN2O6S. The third kappa shape index (κ3) is 5.97. The summed E-state index contributed by atoms with van der Waals surface area (Å²) in [5.41, 5.74) is 2.10. The minimum Gasteiger partial charge on any atom is -0.507 e. The van der Waals surface area contributed by atoms with Crippen LogP contribution in [-0.4, -0.2) is 35.5 Å². The topological polar surface area (TPSA) is 98.2 Å². The highest BCUT2D eigenvalue weighted by Crippen LogP contribution is 2.46. The fraction of sp³-hybridized carbons (Fsp3) is 0.171. The van der Waals surface area contributed by atoms with Crippen LogP contribution in [0.2, 0.25) is 0 Å². The Hall–Kier alpha value is -5.22. The number of aliphatic hydroxyl groups excluding tert-OH is 1. The summed E-state index contributed by atoms with van der Waals surface area (Å²) < 4.78 is 32.0. The Labute approximate surface area is 262 Å². The van der Waals surface area contributed by atoms with Gasteiger partial charge in [-0.3, -0.25) is 14.5 Å². The molecule has 1 fully saturated rings. The van der Waals surface area contributed by atoms with Gasteiger partial charge in [0.25, 0.3) is 5.78 Å². The lowest BCUT2D eigenvalue weighted by Gasteiger charge is -2.24. The van der Waals surface area contributed by atoms with E-state index in [1.54, 1.807) is 42.5 Å². The number of nitrogens with zero attached hydrogens (tertiary/aromatic N) is 2. The maximum Gasteiger partial charge on any atom is 0.301 e. The summed E-state index contributed by atoms with van der Waals surface area (Å²) in [6.45, 7) is 2.76. The lowest BCUT2D eigenvalue weighted by molar-refractivity contribution is -0.132. The fourth-order valence-corrected chi connectivity index (χ4v) is 6.17. The van der Waals surface area contributed by atoms with Crippen LogP contribution >= 0.6 is 11.3 Å². The highest BCUT2D eigenvalue weighted by atomic mass is 32.1. The molecule has 5 aromatic rings. The number of Topliss-reactive ketones (excluding diaryl/α,β-unsaturated/α-hetero) is 1. The molecule has 0 bridgehead atoms. The van der Waals surface area contributed by atoms with Crippen LogP contribution in [0.3, 0.4) is 0 Å². The molecule has 0 spiro atoms. The predicted molar refractivity (Wildman–Crippen MR) is 170 cm³/mol. The van der Waals surface area contributed by atoms with Crippen molar-refractivity contribution >= 4 is 44.1 Å². The first-order valence-corrected chi connectivity index (χ1v) is 15.1. The van der Waals surface area contributed by atoms with Crippen molar-refractivity contribution in [2.75, 3.05) is 18.6 Å². The Balaban J connectivity index is 1.47. The lowest BCUT2D eigenvalue weighted by Crippen LogP contribution is -2.29. The smallest absolute Gasteiger partial charge is 0.301 e. The third-order valence-corrected chi connectivity index (χ3v) is 8.33. The molecule has 4 aromatic carbocycles. The number of aliphatic hydroxyl groups is 1. The van der Waals surface area contributed by atoms with Gasteiger partial charge < -0.3 is 19.3 Å². The normalized spacial score (nSPS) is 15.9. The number of hydrogen-bond acceptors (Lipinski definition) is 8. The Morgan fingerprint density at radius 1 is 0.956 bits per heavy atom. The van der Waals surface area contributed by atoms with E-state index in [0.717, 1.165) is 23.3 Å². The number of fused-ring (bicyclic) bond motifs is 1. The number of halogens is 1. The number of benzene rings is 4. The SMILES string of the molecule is CCCOc1cccc(/C(O)=C2\C(=O)C(=O)N(c3nc4ccc(F)cc4s3)C2c2ccc(OCc3ccccc3)c(OC)c2)c1. The van der Waals surface area contributed by atoms with Crippen LogP contribution < -0.4 is 19.1 Å². The number of aromatic nitrogens is 1. The second-order valence-corrected chi connectivity index (χ2v) is 11.3. The molecule has 1 N–H and O–H groups in total. The lowest BCUT2D eigenvalue weighted by atomic mass is 9.95. The van der Waals surface area contributed by atoms with Gasteiger partial charge in [0, 0.05) is 5.56 Å². The second kappa shape index (κ2) is 12.8. The van der Waals surface area contributed by atoms with E-state index in [0.29, 0.717) is 51.8 Å². The number of methoxy groups -OCH3 is 1. The van der Waals surface area contributed by atoms with Crippen LogP contribution in [0, 0.1) is 5.82 Å². The minimum atomic E-state index is -1.08. The van der Waals surface area contributed by atoms with Crippen LogP contribution in [0.15, 0.2) is 96.6 Å². The zero-order chi connectivity index (χ0) is 31.5. The van der Waals surface area contributed by atoms with Crippen molar-refractivity contribution in [2.45, 2.75) is 26.0 Å². The number of carbonyl (C=O) groups excluding carboxylic acids is 2. The number of ether oxygens (including phenoxy) is 3.